The van der Waals surface area contributed by atoms with Crippen LogP contribution in [0.5, 0.6) is 0 Å². The topological polar surface area (TPSA) is 97.8 Å². The molecule has 32 heavy (non-hydrogen) atoms. The number of hydrogen-bond donors (Lipinski definition) is 1. The minimum Gasteiger partial charge on any atom is -0.453 e. The van der Waals surface area contributed by atoms with Gasteiger partial charge in [-0.25, -0.2) is 19.7 Å². The van der Waals surface area contributed by atoms with Crippen LogP contribution in [0.1, 0.15) is 20.8 Å². The molecule has 5 aromatic rings. The third-order valence-corrected chi connectivity index (χ3v) is 5.69. The van der Waals surface area contributed by atoms with Crippen LogP contribution >= 0.6 is 11.3 Å². The lowest BCUT2D eigenvalue weighted by Crippen LogP contribution is -2.15. The predicted octanol–water partition coefficient (Wildman–Crippen LogP) is 4.79. The number of fused-ring (bicyclic) bond motifs is 1. The number of aromatic nitrogens is 4. The van der Waals surface area contributed by atoms with Crippen LogP contribution in [0, 0.1) is 0 Å². The molecule has 0 radical (unpaired) electrons. The van der Waals surface area contributed by atoms with Crippen molar-refractivity contribution >= 4 is 34.0 Å². The molecular formula is C24H16N4O3S. The lowest BCUT2D eigenvalue weighted by Gasteiger charge is -2.06. The van der Waals surface area contributed by atoms with Crippen LogP contribution in [0.4, 0.5) is 0 Å². The highest BCUT2D eigenvalue weighted by molar-refractivity contribution is 7.13. The molecule has 156 valence electrons. The first-order chi connectivity index (χ1) is 15.7. The van der Waals surface area contributed by atoms with Gasteiger partial charge in [0.2, 0.25) is 5.78 Å². The number of para-hydroxylation sites is 1. The van der Waals surface area contributed by atoms with E-state index in [9.17, 15) is 9.59 Å². The summed E-state index contributed by atoms with van der Waals surface area (Å²) in [6, 6.07) is 18.8. The molecule has 8 heteroatoms. The number of rotatable bonds is 6. The zero-order chi connectivity index (χ0) is 21.9. The number of benzene rings is 2. The fourth-order valence-electron chi connectivity index (χ4n) is 3.41. The Balaban J connectivity index is 1.38. The smallest absolute Gasteiger partial charge is 0.358 e. The van der Waals surface area contributed by atoms with Crippen LogP contribution in [-0.2, 0) is 4.74 Å². The Morgan fingerprint density at radius 3 is 2.50 bits per heavy atom. The van der Waals surface area contributed by atoms with E-state index >= 15 is 0 Å². The lowest BCUT2D eigenvalue weighted by molar-refractivity contribution is 0.0470. The molecule has 0 fully saturated rings. The highest BCUT2D eigenvalue weighted by atomic mass is 32.1. The number of H-pyrrole nitrogens is 1. The van der Waals surface area contributed by atoms with E-state index in [-0.39, 0.29) is 11.5 Å². The highest BCUT2D eigenvalue weighted by Crippen LogP contribution is 2.30. The van der Waals surface area contributed by atoms with E-state index in [0.717, 1.165) is 16.5 Å². The van der Waals surface area contributed by atoms with Gasteiger partial charge in [-0.1, -0.05) is 48.5 Å². The molecule has 7 nitrogen and oxygen atoms in total. The van der Waals surface area contributed by atoms with Crippen molar-refractivity contribution in [2.24, 2.45) is 0 Å². The van der Waals surface area contributed by atoms with Crippen LogP contribution < -0.4 is 0 Å². The summed E-state index contributed by atoms with van der Waals surface area (Å²) >= 11 is 1.24. The SMILES string of the molecule is O=C(OCC(=O)c1c(-c2ccccc2)[nH]c2ccccc12)c1csc(-c2ncccn2)n1. The molecule has 1 N–H and O–H groups in total. The number of ether oxygens (including phenoxy) is 1. The maximum absolute atomic E-state index is 13.1. The Morgan fingerprint density at radius 1 is 0.938 bits per heavy atom. The average Bonchev–Trinajstić information content (AvgIpc) is 3.49. The molecule has 0 saturated carbocycles. The number of carbonyl (C=O) groups is 2. The van der Waals surface area contributed by atoms with Crippen LogP contribution in [-0.4, -0.2) is 38.3 Å². The van der Waals surface area contributed by atoms with E-state index in [1.54, 1.807) is 23.8 Å². The summed E-state index contributed by atoms with van der Waals surface area (Å²) in [4.78, 5) is 41.4. The normalized spacial score (nSPS) is 10.9. The minimum absolute atomic E-state index is 0.118. The first kappa shape index (κ1) is 19.8. The largest absolute Gasteiger partial charge is 0.453 e. The Kier molecular flexibility index (Phi) is 5.27. The standard InChI is InChI=1S/C24H16N4O3S/c29-19(13-31-24(30)18-14-32-23(28-18)22-25-11-6-12-26-22)20-16-9-4-5-10-17(16)27-21(20)15-7-2-1-3-8-15/h1-12,14,27H,13H2. The van der Waals surface area contributed by atoms with Crippen molar-refractivity contribution < 1.29 is 14.3 Å². The Bertz CT molecular complexity index is 1410. The lowest BCUT2D eigenvalue weighted by atomic mass is 10.0. The van der Waals surface area contributed by atoms with Crippen molar-refractivity contribution in [1.29, 1.82) is 0 Å². The van der Waals surface area contributed by atoms with E-state index in [2.05, 4.69) is 19.9 Å². The Hall–Kier alpha value is -4.17. The number of hydrogen-bond acceptors (Lipinski definition) is 7. The van der Waals surface area contributed by atoms with Crippen molar-refractivity contribution in [3.05, 3.63) is 89.7 Å². The molecule has 5 rings (SSSR count). The summed E-state index contributed by atoms with van der Waals surface area (Å²) in [6.45, 7) is -0.394. The maximum atomic E-state index is 13.1. The molecular weight excluding hydrogens is 424 g/mol. The molecule has 0 bridgehead atoms. The van der Waals surface area contributed by atoms with Gasteiger partial charge < -0.3 is 9.72 Å². The van der Waals surface area contributed by atoms with E-state index in [0.29, 0.717) is 22.1 Å². The summed E-state index contributed by atoms with van der Waals surface area (Å²) in [7, 11) is 0. The van der Waals surface area contributed by atoms with E-state index in [1.165, 1.54) is 11.3 Å². The van der Waals surface area contributed by atoms with Gasteiger partial charge in [0.1, 0.15) is 0 Å². The van der Waals surface area contributed by atoms with Crippen molar-refractivity contribution in [3.8, 4) is 22.1 Å². The molecule has 0 spiro atoms. The molecule has 0 aliphatic rings. The highest BCUT2D eigenvalue weighted by Gasteiger charge is 2.22. The number of carbonyl (C=O) groups excluding carboxylic acids is 2. The van der Waals surface area contributed by atoms with Crippen LogP contribution in [0.15, 0.2) is 78.4 Å². The monoisotopic (exact) mass is 440 g/mol. The van der Waals surface area contributed by atoms with Gasteiger partial charge in [-0.3, -0.25) is 4.79 Å². The van der Waals surface area contributed by atoms with E-state index in [1.807, 2.05) is 54.6 Å². The van der Waals surface area contributed by atoms with Crippen LogP contribution in [0.2, 0.25) is 0 Å². The molecule has 2 aromatic carbocycles. The first-order valence-corrected chi connectivity index (χ1v) is 10.7. The summed E-state index contributed by atoms with van der Waals surface area (Å²) < 4.78 is 5.30. The van der Waals surface area contributed by atoms with Crippen molar-refractivity contribution in [1.82, 2.24) is 19.9 Å². The third kappa shape index (κ3) is 3.79. The van der Waals surface area contributed by atoms with Gasteiger partial charge in [0.25, 0.3) is 0 Å². The number of aromatic amines is 1. The van der Waals surface area contributed by atoms with Gasteiger partial charge in [0.05, 0.1) is 11.3 Å². The number of thiazole rings is 1. The van der Waals surface area contributed by atoms with Gasteiger partial charge in [0.15, 0.2) is 23.1 Å². The number of esters is 1. The molecule has 0 saturated heterocycles. The van der Waals surface area contributed by atoms with Gasteiger partial charge in [-0.2, -0.15) is 0 Å². The van der Waals surface area contributed by atoms with Gasteiger partial charge in [0, 0.05) is 28.7 Å². The predicted molar refractivity (Wildman–Crippen MR) is 121 cm³/mol. The fourth-order valence-corrected chi connectivity index (χ4v) is 4.14. The zero-order valence-corrected chi connectivity index (χ0v) is 17.5. The van der Waals surface area contributed by atoms with Crippen molar-refractivity contribution in [3.63, 3.8) is 0 Å². The van der Waals surface area contributed by atoms with E-state index in [4.69, 9.17) is 4.74 Å². The summed E-state index contributed by atoms with van der Waals surface area (Å²) in [6.07, 6.45) is 3.21. The fraction of sp³-hybridized carbons (Fsp3) is 0.0417. The molecule has 0 aliphatic carbocycles. The first-order valence-electron chi connectivity index (χ1n) is 9.80. The van der Waals surface area contributed by atoms with Crippen molar-refractivity contribution in [2.45, 2.75) is 0 Å². The van der Waals surface area contributed by atoms with Crippen LogP contribution in [0.25, 0.3) is 33.0 Å². The molecule has 0 unspecified atom stereocenters. The maximum Gasteiger partial charge on any atom is 0.358 e. The average molecular weight is 440 g/mol. The second-order valence-electron chi connectivity index (χ2n) is 6.90. The summed E-state index contributed by atoms with van der Waals surface area (Å²) in [5.74, 6) is -0.534. The van der Waals surface area contributed by atoms with Crippen LogP contribution in [0.3, 0.4) is 0 Å². The molecule has 0 atom stereocenters. The molecule has 0 aliphatic heterocycles. The molecule has 0 amide bonds. The summed E-state index contributed by atoms with van der Waals surface area (Å²) in [5, 5.41) is 2.86. The molecule has 3 aromatic heterocycles. The Labute approximate surface area is 186 Å². The van der Waals surface area contributed by atoms with Gasteiger partial charge in [-0.05, 0) is 17.7 Å². The van der Waals surface area contributed by atoms with E-state index < -0.39 is 12.6 Å². The minimum atomic E-state index is -0.669. The second-order valence-corrected chi connectivity index (χ2v) is 7.75. The second kappa shape index (κ2) is 8.52. The Morgan fingerprint density at radius 2 is 1.69 bits per heavy atom. The number of nitrogens with zero attached hydrogens (tertiary/aromatic N) is 3. The van der Waals surface area contributed by atoms with Crippen molar-refractivity contribution in [2.75, 3.05) is 6.61 Å². The number of ketones is 1. The van der Waals surface area contributed by atoms with Gasteiger partial charge >= 0.3 is 5.97 Å². The van der Waals surface area contributed by atoms with Gasteiger partial charge in [-0.15, -0.1) is 11.3 Å². The third-order valence-electron chi connectivity index (χ3n) is 4.85. The summed E-state index contributed by atoms with van der Waals surface area (Å²) in [5.41, 5.74) is 3.03. The zero-order valence-electron chi connectivity index (χ0n) is 16.7. The quantitative estimate of drug-likeness (QED) is 0.301. The number of Topliss-reactive ketones (excluding diaryl/α,β-unsaturated/α-hetero) is 1. The molecule has 3 heterocycles. The number of nitrogens with one attached hydrogen (secondary N) is 1.